The number of halogens is 2. The zero-order chi connectivity index (χ0) is 16.0. The molecule has 0 bridgehead atoms. The third-order valence-electron chi connectivity index (χ3n) is 3.76. The summed E-state index contributed by atoms with van der Waals surface area (Å²) in [5, 5.41) is 2.96. The molecule has 0 saturated heterocycles. The minimum atomic E-state index is -1.45. The lowest BCUT2D eigenvalue weighted by molar-refractivity contribution is -0.124. The molecule has 1 aromatic carbocycles. The van der Waals surface area contributed by atoms with Crippen LogP contribution in [-0.4, -0.2) is 37.0 Å². The number of nitrogens with one attached hydrogen (secondary N) is 1. The molecule has 0 saturated carbocycles. The first-order valence-corrected chi connectivity index (χ1v) is 7.08. The number of likely N-dealkylation sites (N-methyl/N-ethyl adjacent to an activating group) is 1. The zero-order valence-corrected chi connectivity index (χ0v) is 12.7. The van der Waals surface area contributed by atoms with E-state index in [0.717, 1.165) is 31.3 Å². The Balaban J connectivity index is 2.93. The van der Waals surface area contributed by atoms with Crippen molar-refractivity contribution in [2.75, 3.05) is 26.2 Å². The average molecular weight is 299 g/mol. The van der Waals surface area contributed by atoms with Crippen LogP contribution in [0, 0.1) is 11.6 Å². The number of carbonyl (C=O) groups excluding carboxylic acids is 1. The lowest BCUT2D eigenvalue weighted by Crippen LogP contribution is -2.52. The quantitative estimate of drug-likeness (QED) is 0.766. The maximum absolute atomic E-state index is 13.9. The highest BCUT2D eigenvalue weighted by Crippen LogP contribution is 2.24. The predicted molar refractivity (Wildman–Crippen MR) is 78.7 cm³/mol. The zero-order valence-electron chi connectivity index (χ0n) is 12.7. The van der Waals surface area contributed by atoms with Gasteiger partial charge in [0.15, 0.2) is 0 Å². The van der Waals surface area contributed by atoms with Gasteiger partial charge in [-0.05, 0) is 38.2 Å². The van der Waals surface area contributed by atoms with Crippen LogP contribution in [0.2, 0.25) is 0 Å². The third-order valence-corrected chi connectivity index (χ3v) is 3.76. The molecule has 0 aliphatic carbocycles. The van der Waals surface area contributed by atoms with E-state index in [1.165, 1.54) is 6.92 Å². The molecule has 6 heteroatoms. The van der Waals surface area contributed by atoms with Crippen LogP contribution in [-0.2, 0) is 10.3 Å². The molecule has 0 spiro atoms. The van der Waals surface area contributed by atoms with Gasteiger partial charge in [0.25, 0.3) is 0 Å². The molecular weight excluding hydrogens is 276 g/mol. The van der Waals surface area contributed by atoms with Crippen LogP contribution >= 0.6 is 0 Å². The van der Waals surface area contributed by atoms with Crippen LogP contribution in [0.5, 0.6) is 0 Å². The normalized spacial score (nSPS) is 14.2. The van der Waals surface area contributed by atoms with Gasteiger partial charge in [0.05, 0.1) is 0 Å². The number of hydrogen-bond donors (Lipinski definition) is 2. The Labute approximate surface area is 124 Å². The van der Waals surface area contributed by atoms with E-state index in [1.807, 2.05) is 13.8 Å². The predicted octanol–water partition coefficient (Wildman–Crippen LogP) is 1.60. The van der Waals surface area contributed by atoms with E-state index in [1.54, 1.807) is 0 Å². The van der Waals surface area contributed by atoms with E-state index in [-0.39, 0.29) is 5.56 Å². The molecule has 21 heavy (non-hydrogen) atoms. The van der Waals surface area contributed by atoms with Crippen LogP contribution in [0.15, 0.2) is 18.2 Å². The van der Waals surface area contributed by atoms with Gasteiger partial charge in [0.1, 0.15) is 17.2 Å². The van der Waals surface area contributed by atoms with Crippen molar-refractivity contribution < 1.29 is 13.6 Å². The number of hydrogen-bond acceptors (Lipinski definition) is 3. The number of rotatable bonds is 8. The van der Waals surface area contributed by atoms with Crippen molar-refractivity contribution in [1.82, 2.24) is 10.2 Å². The highest BCUT2D eigenvalue weighted by molar-refractivity contribution is 5.85. The number of nitrogens with two attached hydrogens (primary N) is 1. The molecule has 0 heterocycles. The van der Waals surface area contributed by atoms with Gasteiger partial charge < -0.3 is 10.6 Å². The summed E-state index contributed by atoms with van der Waals surface area (Å²) < 4.78 is 27.3. The molecular formula is C15H23F2N3O. The van der Waals surface area contributed by atoms with Crippen LogP contribution in [0.3, 0.4) is 0 Å². The topological polar surface area (TPSA) is 58.4 Å². The maximum atomic E-state index is 13.9. The molecule has 1 rings (SSSR count). The average Bonchev–Trinajstić information content (AvgIpc) is 2.45. The fourth-order valence-corrected chi connectivity index (χ4v) is 2.20. The summed E-state index contributed by atoms with van der Waals surface area (Å²) in [6.45, 7) is 8.41. The van der Waals surface area contributed by atoms with Crippen molar-refractivity contribution >= 4 is 5.91 Å². The molecule has 1 unspecified atom stereocenters. The Bertz CT molecular complexity index is 492. The van der Waals surface area contributed by atoms with E-state index < -0.39 is 23.1 Å². The van der Waals surface area contributed by atoms with E-state index in [0.29, 0.717) is 13.1 Å². The lowest BCUT2D eigenvalue weighted by Gasteiger charge is -2.30. The van der Waals surface area contributed by atoms with Gasteiger partial charge in [0.2, 0.25) is 5.91 Å². The standard InChI is InChI=1S/C15H23F2N3O/c1-4-20(5-2)9-8-19-15(3,14(18)21)12-10-11(16)6-7-13(12)17/h6-7,10,19H,4-5,8-9H2,1-3H3,(H2,18,21). The van der Waals surface area contributed by atoms with Crippen LogP contribution < -0.4 is 11.1 Å². The van der Waals surface area contributed by atoms with Crippen molar-refractivity contribution in [3.8, 4) is 0 Å². The lowest BCUT2D eigenvalue weighted by atomic mass is 9.90. The smallest absolute Gasteiger partial charge is 0.242 e. The second-order valence-corrected chi connectivity index (χ2v) is 5.07. The van der Waals surface area contributed by atoms with Gasteiger partial charge >= 0.3 is 0 Å². The Hall–Kier alpha value is -1.53. The van der Waals surface area contributed by atoms with E-state index >= 15 is 0 Å². The Morgan fingerprint density at radius 3 is 2.48 bits per heavy atom. The summed E-state index contributed by atoms with van der Waals surface area (Å²) in [6.07, 6.45) is 0. The Morgan fingerprint density at radius 1 is 1.33 bits per heavy atom. The molecule has 1 atom stereocenters. The third kappa shape index (κ3) is 4.22. The number of amides is 1. The van der Waals surface area contributed by atoms with Crippen molar-refractivity contribution in [2.45, 2.75) is 26.3 Å². The van der Waals surface area contributed by atoms with Gasteiger partial charge in [-0.25, -0.2) is 8.78 Å². The summed E-state index contributed by atoms with van der Waals surface area (Å²) in [5.41, 5.74) is 3.88. The molecule has 3 N–H and O–H groups in total. The SMILES string of the molecule is CCN(CC)CCNC(C)(C(N)=O)c1cc(F)ccc1F. The summed E-state index contributed by atoms with van der Waals surface area (Å²) >= 11 is 0. The van der Waals surface area contributed by atoms with E-state index in [4.69, 9.17) is 5.73 Å². The van der Waals surface area contributed by atoms with Gasteiger partial charge in [0, 0.05) is 18.7 Å². The largest absolute Gasteiger partial charge is 0.368 e. The first-order chi connectivity index (χ1) is 9.85. The molecule has 0 aromatic heterocycles. The summed E-state index contributed by atoms with van der Waals surface area (Å²) in [7, 11) is 0. The first kappa shape index (κ1) is 17.5. The molecule has 1 aromatic rings. The van der Waals surface area contributed by atoms with Crippen LogP contribution in [0.4, 0.5) is 8.78 Å². The minimum Gasteiger partial charge on any atom is -0.368 e. The van der Waals surface area contributed by atoms with E-state index in [2.05, 4.69) is 10.2 Å². The minimum absolute atomic E-state index is 0.0745. The van der Waals surface area contributed by atoms with Gasteiger partial charge in [-0.15, -0.1) is 0 Å². The summed E-state index contributed by atoms with van der Waals surface area (Å²) in [5.74, 6) is -2.01. The monoisotopic (exact) mass is 299 g/mol. The number of carbonyl (C=O) groups is 1. The second kappa shape index (κ2) is 7.47. The van der Waals surface area contributed by atoms with Crippen LogP contribution in [0.25, 0.3) is 0 Å². The maximum Gasteiger partial charge on any atom is 0.242 e. The van der Waals surface area contributed by atoms with E-state index in [9.17, 15) is 13.6 Å². The Kier molecular flexibility index (Phi) is 6.23. The molecule has 0 radical (unpaired) electrons. The molecule has 0 fully saturated rings. The number of primary amides is 1. The van der Waals surface area contributed by atoms with Crippen LogP contribution in [0.1, 0.15) is 26.3 Å². The van der Waals surface area contributed by atoms with Crippen molar-refractivity contribution in [2.24, 2.45) is 5.73 Å². The first-order valence-electron chi connectivity index (χ1n) is 7.08. The van der Waals surface area contributed by atoms with Crippen molar-refractivity contribution in [1.29, 1.82) is 0 Å². The van der Waals surface area contributed by atoms with Crippen molar-refractivity contribution in [3.63, 3.8) is 0 Å². The number of nitrogens with zero attached hydrogens (tertiary/aromatic N) is 1. The summed E-state index contributed by atoms with van der Waals surface area (Å²) in [4.78, 5) is 13.9. The highest BCUT2D eigenvalue weighted by Gasteiger charge is 2.35. The van der Waals surface area contributed by atoms with Gasteiger partial charge in [-0.3, -0.25) is 10.1 Å². The van der Waals surface area contributed by atoms with Gasteiger partial charge in [-0.2, -0.15) is 0 Å². The molecule has 0 aliphatic rings. The molecule has 1 amide bonds. The fraction of sp³-hybridized carbons (Fsp3) is 0.533. The highest BCUT2D eigenvalue weighted by atomic mass is 19.1. The second-order valence-electron chi connectivity index (χ2n) is 5.07. The fourth-order valence-electron chi connectivity index (χ4n) is 2.20. The molecule has 4 nitrogen and oxygen atoms in total. The van der Waals surface area contributed by atoms with Gasteiger partial charge in [-0.1, -0.05) is 13.8 Å². The molecule has 118 valence electrons. The Morgan fingerprint density at radius 2 is 1.95 bits per heavy atom. The summed E-state index contributed by atoms with van der Waals surface area (Å²) in [6, 6.07) is 3.01. The van der Waals surface area contributed by atoms with Crippen molar-refractivity contribution in [3.05, 3.63) is 35.4 Å². The number of benzene rings is 1. The molecule has 0 aliphatic heterocycles.